The monoisotopic (exact) mass is 400 g/mol. The molecule has 0 fully saturated rings. The van der Waals surface area contributed by atoms with E-state index in [1.165, 1.54) is 26.2 Å². The highest BCUT2D eigenvalue weighted by molar-refractivity contribution is 5.94. The van der Waals surface area contributed by atoms with Crippen LogP contribution in [0.5, 0.6) is 5.75 Å². The molecule has 154 valence electrons. The number of ether oxygens (including phenoxy) is 2. The molecule has 0 aliphatic carbocycles. The quantitative estimate of drug-likeness (QED) is 0.493. The number of hydrogen-bond donors (Lipinski definition) is 2. The smallest absolute Gasteiger partial charge is 0.329 e. The number of amides is 2. The van der Waals surface area contributed by atoms with Crippen molar-refractivity contribution in [1.29, 1.82) is 0 Å². The van der Waals surface area contributed by atoms with Gasteiger partial charge in [-0.2, -0.15) is 0 Å². The zero-order valence-corrected chi connectivity index (χ0v) is 16.5. The number of esters is 1. The lowest BCUT2D eigenvalue weighted by Crippen LogP contribution is -2.43. The molecule has 8 heteroatoms. The SMILES string of the molecule is COc1ccc(/C=C/C(=O)N[C@@H](C)C(=O)O[C@@H](C)C(=O)NCc2ccco2)cc1. The minimum Gasteiger partial charge on any atom is -0.497 e. The number of carbonyl (C=O) groups excluding carboxylic acids is 3. The maximum Gasteiger partial charge on any atom is 0.329 e. The van der Waals surface area contributed by atoms with Crippen molar-refractivity contribution in [2.45, 2.75) is 32.5 Å². The summed E-state index contributed by atoms with van der Waals surface area (Å²) in [6, 6.07) is 9.65. The summed E-state index contributed by atoms with van der Waals surface area (Å²) in [4.78, 5) is 36.1. The summed E-state index contributed by atoms with van der Waals surface area (Å²) in [5.74, 6) is -0.337. The molecule has 1 heterocycles. The average molecular weight is 400 g/mol. The van der Waals surface area contributed by atoms with Crippen LogP contribution in [0.1, 0.15) is 25.2 Å². The van der Waals surface area contributed by atoms with Crippen molar-refractivity contribution in [2.24, 2.45) is 0 Å². The highest BCUT2D eigenvalue weighted by Crippen LogP contribution is 2.12. The molecule has 1 aromatic carbocycles. The molecule has 1 aromatic heterocycles. The van der Waals surface area contributed by atoms with Gasteiger partial charge in [-0.05, 0) is 49.8 Å². The number of benzene rings is 1. The standard InChI is InChI=1S/C21H24N2O6/c1-14(23-19(24)11-8-16-6-9-17(27-3)10-7-16)21(26)29-15(2)20(25)22-13-18-5-4-12-28-18/h4-12,14-15H,13H2,1-3H3,(H,22,25)(H,23,24)/b11-8+/t14-,15-/m0/s1. The van der Waals surface area contributed by atoms with E-state index in [2.05, 4.69) is 10.6 Å². The van der Waals surface area contributed by atoms with Crippen LogP contribution in [0, 0.1) is 0 Å². The minimum absolute atomic E-state index is 0.191. The van der Waals surface area contributed by atoms with E-state index in [1.807, 2.05) is 0 Å². The van der Waals surface area contributed by atoms with E-state index < -0.39 is 29.9 Å². The Morgan fingerprint density at radius 2 is 1.86 bits per heavy atom. The molecule has 0 unspecified atom stereocenters. The lowest BCUT2D eigenvalue weighted by atomic mass is 10.2. The zero-order chi connectivity index (χ0) is 21.2. The van der Waals surface area contributed by atoms with E-state index in [4.69, 9.17) is 13.9 Å². The summed E-state index contributed by atoms with van der Waals surface area (Å²) in [6.45, 7) is 3.12. The van der Waals surface area contributed by atoms with Crippen LogP contribution in [0.4, 0.5) is 0 Å². The number of nitrogens with one attached hydrogen (secondary N) is 2. The predicted octanol–water partition coefficient (Wildman–Crippen LogP) is 2.05. The van der Waals surface area contributed by atoms with E-state index in [-0.39, 0.29) is 6.54 Å². The highest BCUT2D eigenvalue weighted by atomic mass is 16.5. The molecule has 2 amide bonds. The van der Waals surface area contributed by atoms with Gasteiger partial charge < -0.3 is 24.5 Å². The lowest BCUT2D eigenvalue weighted by molar-refractivity contribution is -0.157. The number of hydrogen-bond acceptors (Lipinski definition) is 6. The second-order valence-corrected chi connectivity index (χ2v) is 6.21. The molecule has 0 radical (unpaired) electrons. The van der Waals surface area contributed by atoms with Gasteiger partial charge in [0.2, 0.25) is 5.91 Å². The number of carbonyl (C=O) groups is 3. The van der Waals surface area contributed by atoms with Gasteiger partial charge in [-0.3, -0.25) is 9.59 Å². The summed E-state index contributed by atoms with van der Waals surface area (Å²) >= 11 is 0. The maximum absolute atomic E-state index is 12.1. The molecule has 8 nitrogen and oxygen atoms in total. The van der Waals surface area contributed by atoms with Crippen molar-refractivity contribution < 1.29 is 28.3 Å². The van der Waals surface area contributed by atoms with Gasteiger partial charge in [0.05, 0.1) is 19.9 Å². The normalized spacial score (nSPS) is 12.8. The van der Waals surface area contributed by atoms with E-state index in [0.717, 1.165) is 5.56 Å². The fourth-order valence-corrected chi connectivity index (χ4v) is 2.27. The van der Waals surface area contributed by atoms with Gasteiger partial charge in [-0.1, -0.05) is 12.1 Å². The van der Waals surface area contributed by atoms with E-state index in [0.29, 0.717) is 11.5 Å². The molecule has 0 spiro atoms. The van der Waals surface area contributed by atoms with Gasteiger partial charge in [0, 0.05) is 6.08 Å². The summed E-state index contributed by atoms with van der Waals surface area (Å²) in [7, 11) is 1.57. The van der Waals surface area contributed by atoms with Crippen molar-refractivity contribution >= 4 is 23.9 Å². The van der Waals surface area contributed by atoms with Gasteiger partial charge in [0.15, 0.2) is 6.10 Å². The van der Waals surface area contributed by atoms with Crippen LogP contribution in [0.3, 0.4) is 0 Å². The molecule has 2 N–H and O–H groups in total. The third-order valence-electron chi connectivity index (χ3n) is 3.93. The third kappa shape index (κ3) is 7.17. The van der Waals surface area contributed by atoms with Gasteiger partial charge in [-0.15, -0.1) is 0 Å². The van der Waals surface area contributed by atoms with E-state index in [9.17, 15) is 14.4 Å². The van der Waals surface area contributed by atoms with Gasteiger partial charge >= 0.3 is 5.97 Å². The van der Waals surface area contributed by atoms with Crippen molar-refractivity contribution in [1.82, 2.24) is 10.6 Å². The first-order valence-corrected chi connectivity index (χ1v) is 9.02. The Morgan fingerprint density at radius 3 is 2.48 bits per heavy atom. The molecular weight excluding hydrogens is 376 g/mol. The Labute approximate surface area is 168 Å². The molecule has 0 saturated carbocycles. The molecular formula is C21H24N2O6. The first-order valence-electron chi connectivity index (χ1n) is 9.02. The first kappa shape index (κ1) is 21.7. The van der Waals surface area contributed by atoms with E-state index in [1.54, 1.807) is 49.6 Å². The Hall–Kier alpha value is -3.55. The molecule has 2 rings (SSSR count). The maximum atomic E-state index is 12.1. The van der Waals surface area contributed by atoms with Crippen molar-refractivity contribution in [2.75, 3.05) is 7.11 Å². The van der Waals surface area contributed by atoms with Crippen LogP contribution in [0.2, 0.25) is 0 Å². The van der Waals surface area contributed by atoms with Crippen LogP contribution < -0.4 is 15.4 Å². The molecule has 0 aliphatic rings. The van der Waals surface area contributed by atoms with Crippen LogP contribution in [0.25, 0.3) is 6.08 Å². The Bertz CT molecular complexity index is 843. The fraction of sp³-hybridized carbons (Fsp3) is 0.286. The molecule has 2 aromatic rings. The highest BCUT2D eigenvalue weighted by Gasteiger charge is 2.22. The van der Waals surface area contributed by atoms with Crippen molar-refractivity contribution in [3.63, 3.8) is 0 Å². The van der Waals surface area contributed by atoms with Gasteiger partial charge in [-0.25, -0.2) is 4.79 Å². The van der Waals surface area contributed by atoms with Gasteiger partial charge in [0.1, 0.15) is 17.6 Å². The fourth-order valence-electron chi connectivity index (χ4n) is 2.27. The summed E-state index contributed by atoms with van der Waals surface area (Å²) in [6.07, 6.45) is 3.41. The third-order valence-corrected chi connectivity index (χ3v) is 3.93. The zero-order valence-electron chi connectivity index (χ0n) is 16.5. The Morgan fingerprint density at radius 1 is 1.14 bits per heavy atom. The first-order chi connectivity index (χ1) is 13.9. The number of rotatable bonds is 9. The molecule has 0 aliphatic heterocycles. The lowest BCUT2D eigenvalue weighted by Gasteiger charge is -2.16. The van der Waals surface area contributed by atoms with E-state index >= 15 is 0 Å². The molecule has 2 atom stereocenters. The Kier molecular flexibility index (Phi) is 8.02. The Balaban J connectivity index is 1.76. The van der Waals surface area contributed by atoms with Crippen LogP contribution in [-0.4, -0.2) is 37.0 Å². The molecule has 0 bridgehead atoms. The van der Waals surface area contributed by atoms with Crippen molar-refractivity contribution in [3.8, 4) is 5.75 Å². The summed E-state index contributed by atoms with van der Waals surface area (Å²) in [5, 5.41) is 5.10. The largest absolute Gasteiger partial charge is 0.497 e. The van der Waals surface area contributed by atoms with Gasteiger partial charge in [0.25, 0.3) is 5.91 Å². The number of methoxy groups -OCH3 is 1. The summed E-state index contributed by atoms with van der Waals surface area (Å²) in [5.41, 5.74) is 0.804. The van der Waals surface area contributed by atoms with Crippen LogP contribution >= 0.6 is 0 Å². The predicted molar refractivity (Wildman–Crippen MR) is 106 cm³/mol. The molecule has 0 saturated heterocycles. The second kappa shape index (κ2) is 10.7. The van der Waals surface area contributed by atoms with Crippen LogP contribution in [-0.2, 0) is 25.7 Å². The second-order valence-electron chi connectivity index (χ2n) is 6.21. The van der Waals surface area contributed by atoms with Crippen molar-refractivity contribution in [3.05, 3.63) is 60.1 Å². The number of furan rings is 1. The molecule has 29 heavy (non-hydrogen) atoms. The van der Waals surface area contributed by atoms with Crippen LogP contribution in [0.15, 0.2) is 53.2 Å². The summed E-state index contributed by atoms with van der Waals surface area (Å²) < 4.78 is 15.3. The minimum atomic E-state index is -1.01. The average Bonchev–Trinajstić information content (AvgIpc) is 3.24. The topological polar surface area (TPSA) is 107 Å².